The van der Waals surface area contributed by atoms with Gasteiger partial charge in [0.1, 0.15) is 0 Å². The molecule has 90 valence electrons. The first-order valence-electron chi connectivity index (χ1n) is 5.05. The molecule has 0 spiro atoms. The molecule has 1 aromatic rings. The van der Waals surface area contributed by atoms with Crippen molar-refractivity contribution in [3.05, 3.63) is 23.8 Å². The zero-order valence-corrected chi connectivity index (χ0v) is 10.5. The highest BCUT2D eigenvalue weighted by atomic mass is 31.2. The van der Waals surface area contributed by atoms with E-state index in [4.69, 9.17) is 9.05 Å². The van der Waals surface area contributed by atoms with Gasteiger partial charge in [0.15, 0.2) is 0 Å². The Bertz CT molecular complexity index is 401. The van der Waals surface area contributed by atoms with Crippen molar-refractivity contribution in [1.82, 2.24) is 4.98 Å². The Labute approximate surface area is 94.3 Å². The van der Waals surface area contributed by atoms with E-state index >= 15 is 0 Å². The van der Waals surface area contributed by atoms with Crippen molar-refractivity contribution in [1.29, 1.82) is 0 Å². The second kappa shape index (κ2) is 5.53. The number of aryl methyl sites for hydroxylation is 1. The molecule has 0 aromatic carbocycles. The first kappa shape index (κ1) is 13.3. The lowest BCUT2D eigenvalue weighted by Gasteiger charge is -2.18. The molecule has 0 aliphatic rings. The summed E-state index contributed by atoms with van der Waals surface area (Å²) in [4.78, 5) is 3.47. The smallest absolute Gasteiger partial charge is 0.305 e. The van der Waals surface area contributed by atoms with Gasteiger partial charge in [0.2, 0.25) is 5.95 Å². The Morgan fingerprint density at radius 2 is 1.94 bits per heavy atom. The lowest BCUT2D eigenvalue weighted by atomic mass is 10.3. The lowest BCUT2D eigenvalue weighted by molar-refractivity contribution is 0.229. The normalized spacial score (nSPS) is 11.8. The topological polar surface area (TPSA) is 48.4 Å². The van der Waals surface area contributed by atoms with E-state index in [9.17, 15) is 8.96 Å². The molecule has 0 fully saturated rings. The highest BCUT2D eigenvalue weighted by Crippen LogP contribution is 2.47. The molecule has 16 heavy (non-hydrogen) atoms. The van der Waals surface area contributed by atoms with E-state index in [2.05, 4.69) is 4.98 Å². The maximum atomic E-state index is 13.0. The third-order valence-electron chi connectivity index (χ3n) is 1.93. The highest BCUT2D eigenvalue weighted by molar-refractivity contribution is 7.62. The van der Waals surface area contributed by atoms with Gasteiger partial charge in [-0.15, -0.1) is 0 Å². The summed E-state index contributed by atoms with van der Waals surface area (Å²) in [5, 5.41) is 0.240. The molecule has 0 amide bonds. The predicted molar refractivity (Wildman–Crippen MR) is 59.4 cm³/mol. The average Bonchev–Trinajstić information content (AvgIpc) is 2.22. The molecular formula is C10H15FNO3P. The van der Waals surface area contributed by atoms with Crippen molar-refractivity contribution >= 4 is 12.9 Å². The van der Waals surface area contributed by atoms with Gasteiger partial charge in [-0.3, -0.25) is 4.57 Å². The monoisotopic (exact) mass is 247 g/mol. The number of hydrogen-bond donors (Lipinski definition) is 0. The molecule has 6 heteroatoms. The Balaban J connectivity index is 3.20. The number of halogens is 1. The van der Waals surface area contributed by atoms with Crippen LogP contribution in [0.2, 0.25) is 0 Å². The molecule has 0 radical (unpaired) electrons. The Hall–Kier alpha value is -0.770. The SMILES string of the molecule is CCOP(=O)(OCC)c1cc(F)ncc1C. The maximum absolute atomic E-state index is 13.0. The van der Waals surface area contributed by atoms with Gasteiger partial charge >= 0.3 is 7.60 Å². The van der Waals surface area contributed by atoms with Crippen molar-refractivity contribution < 1.29 is 18.0 Å². The molecule has 0 atom stereocenters. The van der Waals surface area contributed by atoms with Crippen LogP contribution in [-0.4, -0.2) is 18.2 Å². The molecule has 0 unspecified atom stereocenters. The Morgan fingerprint density at radius 3 is 2.44 bits per heavy atom. The van der Waals surface area contributed by atoms with Crippen LogP contribution in [0, 0.1) is 12.9 Å². The maximum Gasteiger partial charge on any atom is 0.361 e. The van der Waals surface area contributed by atoms with Gasteiger partial charge in [-0.1, -0.05) is 0 Å². The van der Waals surface area contributed by atoms with Crippen molar-refractivity contribution in [3.8, 4) is 0 Å². The van der Waals surface area contributed by atoms with Crippen LogP contribution in [0.1, 0.15) is 19.4 Å². The molecule has 0 bridgehead atoms. The van der Waals surface area contributed by atoms with Crippen LogP contribution in [0.5, 0.6) is 0 Å². The molecule has 1 aromatic heterocycles. The minimum Gasteiger partial charge on any atom is -0.305 e. The van der Waals surface area contributed by atoms with Crippen molar-refractivity contribution in [2.45, 2.75) is 20.8 Å². The van der Waals surface area contributed by atoms with E-state index in [1.54, 1.807) is 20.8 Å². The fraction of sp³-hybridized carbons (Fsp3) is 0.500. The van der Waals surface area contributed by atoms with E-state index < -0.39 is 13.5 Å². The zero-order chi connectivity index (χ0) is 12.2. The molecule has 0 aliphatic carbocycles. The van der Waals surface area contributed by atoms with Crippen molar-refractivity contribution in [2.24, 2.45) is 0 Å². The van der Waals surface area contributed by atoms with Crippen LogP contribution < -0.4 is 5.30 Å². The first-order valence-corrected chi connectivity index (χ1v) is 6.59. The van der Waals surface area contributed by atoms with Gasteiger partial charge in [0.05, 0.1) is 18.5 Å². The summed E-state index contributed by atoms with van der Waals surface area (Å²) in [7, 11) is -3.42. The molecule has 1 rings (SSSR count). The number of rotatable bonds is 5. The summed E-state index contributed by atoms with van der Waals surface area (Å²) in [6.45, 7) is 5.57. The van der Waals surface area contributed by atoms with Crippen molar-refractivity contribution in [2.75, 3.05) is 13.2 Å². The standard InChI is InChI=1S/C10H15FNO3P/c1-4-14-16(13,15-5-2)9-6-10(11)12-7-8(9)3/h6-7H,4-5H2,1-3H3. The summed E-state index contributed by atoms with van der Waals surface area (Å²) in [5.41, 5.74) is 0.589. The van der Waals surface area contributed by atoms with Crippen LogP contribution in [0.15, 0.2) is 12.3 Å². The molecule has 0 saturated carbocycles. The van der Waals surface area contributed by atoms with E-state index in [0.29, 0.717) is 5.56 Å². The minimum absolute atomic E-state index is 0.237. The van der Waals surface area contributed by atoms with Crippen LogP contribution in [-0.2, 0) is 13.6 Å². The molecule has 0 aliphatic heterocycles. The summed E-state index contributed by atoms with van der Waals surface area (Å²) >= 11 is 0. The van der Waals surface area contributed by atoms with Gasteiger partial charge in [0.25, 0.3) is 0 Å². The highest BCUT2D eigenvalue weighted by Gasteiger charge is 2.29. The molecule has 1 heterocycles. The van der Waals surface area contributed by atoms with E-state index in [1.165, 1.54) is 6.20 Å². The second-order valence-corrected chi connectivity index (χ2v) is 5.12. The average molecular weight is 247 g/mol. The zero-order valence-electron chi connectivity index (χ0n) is 9.57. The summed E-state index contributed by atoms with van der Waals surface area (Å²) in [5.74, 6) is -0.694. The number of pyridine rings is 1. The second-order valence-electron chi connectivity index (χ2n) is 3.13. The third kappa shape index (κ3) is 2.88. The van der Waals surface area contributed by atoms with Crippen LogP contribution in [0.3, 0.4) is 0 Å². The third-order valence-corrected chi connectivity index (χ3v) is 4.20. The largest absolute Gasteiger partial charge is 0.361 e. The Kier molecular flexibility index (Phi) is 4.59. The van der Waals surface area contributed by atoms with Crippen molar-refractivity contribution in [3.63, 3.8) is 0 Å². The van der Waals surface area contributed by atoms with E-state index in [-0.39, 0.29) is 18.5 Å². The number of aromatic nitrogens is 1. The number of nitrogens with zero attached hydrogens (tertiary/aromatic N) is 1. The van der Waals surface area contributed by atoms with E-state index in [1.807, 2.05) is 0 Å². The van der Waals surface area contributed by atoms with E-state index in [0.717, 1.165) is 6.07 Å². The fourth-order valence-electron chi connectivity index (χ4n) is 1.30. The molecule has 4 nitrogen and oxygen atoms in total. The van der Waals surface area contributed by atoms with Gasteiger partial charge < -0.3 is 9.05 Å². The lowest BCUT2D eigenvalue weighted by Crippen LogP contribution is -2.15. The van der Waals surface area contributed by atoms with Crippen LogP contribution in [0.4, 0.5) is 4.39 Å². The first-order chi connectivity index (χ1) is 7.53. The van der Waals surface area contributed by atoms with Gasteiger partial charge in [-0.05, 0) is 26.3 Å². The predicted octanol–water partition coefficient (Wildman–Crippen LogP) is 2.42. The van der Waals surface area contributed by atoms with Gasteiger partial charge in [-0.25, -0.2) is 4.98 Å². The molecular weight excluding hydrogens is 232 g/mol. The van der Waals surface area contributed by atoms with Gasteiger partial charge in [-0.2, -0.15) is 4.39 Å². The molecule has 0 N–H and O–H groups in total. The molecule has 0 saturated heterocycles. The van der Waals surface area contributed by atoms with Crippen LogP contribution >= 0.6 is 7.60 Å². The summed E-state index contributed by atoms with van der Waals surface area (Å²) in [6.07, 6.45) is 1.31. The summed E-state index contributed by atoms with van der Waals surface area (Å²) < 4.78 is 35.6. The van der Waals surface area contributed by atoms with Gasteiger partial charge in [0, 0.05) is 12.3 Å². The Morgan fingerprint density at radius 1 is 1.38 bits per heavy atom. The van der Waals surface area contributed by atoms with Crippen LogP contribution in [0.25, 0.3) is 0 Å². The fourth-order valence-corrected chi connectivity index (χ4v) is 3.09. The summed E-state index contributed by atoms with van der Waals surface area (Å²) in [6, 6.07) is 1.10. The minimum atomic E-state index is -3.42. The number of hydrogen-bond acceptors (Lipinski definition) is 4. The quantitative estimate of drug-likeness (QED) is 0.592.